The van der Waals surface area contributed by atoms with Gasteiger partial charge in [-0.25, -0.2) is 14.8 Å². The lowest BCUT2D eigenvalue weighted by molar-refractivity contribution is 0.0136. The Bertz CT molecular complexity index is 1640. The maximum Gasteiger partial charge on any atom is 0.410 e. The molecule has 1 N–H and O–H groups in total. The molecule has 0 aliphatic carbocycles. The molecule has 4 aromatic rings. The Kier molecular flexibility index (Phi) is 7.27. The van der Waals surface area contributed by atoms with E-state index in [4.69, 9.17) is 14.4 Å². The largest absolute Gasteiger partial charge is 0.444 e. The molecule has 5 heterocycles. The monoisotopic (exact) mass is 558 g/mol. The standard InChI is InChI=1S/C27H30N10O4/c1-16(2)32-20-11-21(37-22-18(14-31-37)10-17(12-28)13-30-22)29-15-19(20)23-33-34-24(40-23)25(38)35-6-8-36(9-7-35)26(39)41-27(3,4)5/h10-11,13-16H,6-9H2,1-5H3,(H,29,32). The number of amides is 2. The Morgan fingerprint density at radius 3 is 2.46 bits per heavy atom. The van der Waals surface area contributed by atoms with Gasteiger partial charge in [0.2, 0.25) is 0 Å². The van der Waals surface area contributed by atoms with Gasteiger partial charge >= 0.3 is 17.9 Å². The van der Waals surface area contributed by atoms with E-state index in [1.807, 2.05) is 34.6 Å². The van der Waals surface area contributed by atoms with Gasteiger partial charge in [0.05, 0.1) is 23.0 Å². The molecule has 41 heavy (non-hydrogen) atoms. The summed E-state index contributed by atoms with van der Waals surface area (Å²) in [5.74, 6) is 0.0510. The molecule has 14 heteroatoms. The third-order valence-electron chi connectivity index (χ3n) is 6.14. The number of ether oxygens (including phenoxy) is 1. The molecule has 14 nitrogen and oxygen atoms in total. The van der Waals surface area contributed by atoms with E-state index in [0.29, 0.717) is 59.8 Å². The van der Waals surface area contributed by atoms with Crippen LogP contribution in [-0.4, -0.2) is 89.6 Å². The van der Waals surface area contributed by atoms with E-state index in [1.165, 1.54) is 6.20 Å². The average molecular weight is 559 g/mol. The van der Waals surface area contributed by atoms with Crippen molar-refractivity contribution in [1.29, 1.82) is 5.26 Å². The summed E-state index contributed by atoms with van der Waals surface area (Å²) in [4.78, 5) is 37.5. The molecule has 4 aromatic heterocycles. The van der Waals surface area contributed by atoms with E-state index in [9.17, 15) is 9.59 Å². The molecule has 0 saturated carbocycles. The molecule has 5 rings (SSSR count). The number of fused-ring (bicyclic) bond motifs is 1. The summed E-state index contributed by atoms with van der Waals surface area (Å²) in [6.07, 6.45) is 4.27. The molecular formula is C27H30N10O4. The Balaban J connectivity index is 1.35. The predicted octanol–water partition coefficient (Wildman–Crippen LogP) is 3.25. The van der Waals surface area contributed by atoms with Crippen LogP contribution in [0.25, 0.3) is 28.3 Å². The molecule has 0 radical (unpaired) electrons. The first-order chi connectivity index (χ1) is 19.5. The van der Waals surface area contributed by atoms with Crippen LogP contribution >= 0.6 is 0 Å². The normalized spacial score (nSPS) is 13.9. The fraction of sp³-hybridized carbons (Fsp3) is 0.407. The highest BCUT2D eigenvalue weighted by atomic mass is 16.6. The molecule has 0 aromatic carbocycles. The first-order valence-electron chi connectivity index (χ1n) is 13.1. The van der Waals surface area contributed by atoms with Gasteiger partial charge in [0.1, 0.15) is 11.7 Å². The quantitative estimate of drug-likeness (QED) is 0.382. The molecule has 0 atom stereocenters. The smallest absolute Gasteiger partial charge is 0.410 e. The van der Waals surface area contributed by atoms with Crippen molar-refractivity contribution in [2.75, 3.05) is 31.5 Å². The summed E-state index contributed by atoms with van der Waals surface area (Å²) in [7, 11) is 0. The van der Waals surface area contributed by atoms with Gasteiger partial charge in [-0.05, 0) is 40.7 Å². The Morgan fingerprint density at radius 2 is 1.78 bits per heavy atom. The second-order valence-corrected chi connectivity index (χ2v) is 10.9. The highest BCUT2D eigenvalue weighted by Crippen LogP contribution is 2.30. The van der Waals surface area contributed by atoms with Crippen LogP contribution < -0.4 is 5.32 Å². The van der Waals surface area contributed by atoms with Crippen molar-refractivity contribution < 1.29 is 18.7 Å². The van der Waals surface area contributed by atoms with E-state index in [1.54, 1.807) is 39.0 Å². The van der Waals surface area contributed by atoms with Crippen molar-refractivity contribution in [3.05, 3.63) is 42.2 Å². The number of hydrogen-bond acceptors (Lipinski definition) is 11. The topological polar surface area (TPSA) is 168 Å². The lowest BCUT2D eigenvalue weighted by Gasteiger charge is -2.34. The number of nitriles is 1. The first kappa shape index (κ1) is 27.5. The summed E-state index contributed by atoms with van der Waals surface area (Å²) in [5.41, 5.74) is 1.56. The number of piperazine rings is 1. The molecule has 1 aliphatic heterocycles. The van der Waals surface area contributed by atoms with Crippen molar-refractivity contribution in [1.82, 2.24) is 39.7 Å². The van der Waals surface area contributed by atoms with Crippen molar-refractivity contribution in [3.8, 4) is 23.3 Å². The number of carbonyl (C=O) groups is 2. The highest BCUT2D eigenvalue weighted by Gasteiger charge is 2.30. The van der Waals surface area contributed by atoms with Crippen LogP contribution in [0.2, 0.25) is 0 Å². The van der Waals surface area contributed by atoms with Gasteiger partial charge in [0, 0.05) is 56.1 Å². The first-order valence-corrected chi connectivity index (χ1v) is 13.1. The van der Waals surface area contributed by atoms with Crippen LogP contribution in [-0.2, 0) is 4.74 Å². The van der Waals surface area contributed by atoms with E-state index in [-0.39, 0.29) is 17.8 Å². The highest BCUT2D eigenvalue weighted by molar-refractivity contribution is 5.90. The zero-order valence-corrected chi connectivity index (χ0v) is 23.5. The molecular weight excluding hydrogens is 528 g/mol. The summed E-state index contributed by atoms with van der Waals surface area (Å²) in [6, 6.07) is 5.62. The van der Waals surface area contributed by atoms with Crippen LogP contribution in [0.4, 0.5) is 10.5 Å². The maximum atomic E-state index is 13.1. The van der Waals surface area contributed by atoms with Crippen molar-refractivity contribution >= 4 is 28.7 Å². The summed E-state index contributed by atoms with van der Waals surface area (Å²) in [5, 5.41) is 25.7. The third-order valence-corrected chi connectivity index (χ3v) is 6.14. The molecule has 212 valence electrons. The number of pyridine rings is 2. The predicted molar refractivity (Wildman–Crippen MR) is 147 cm³/mol. The van der Waals surface area contributed by atoms with Gasteiger partial charge < -0.3 is 24.3 Å². The summed E-state index contributed by atoms with van der Waals surface area (Å²) in [6.45, 7) is 10.7. The van der Waals surface area contributed by atoms with Crippen LogP contribution in [0.3, 0.4) is 0 Å². The van der Waals surface area contributed by atoms with Gasteiger partial charge in [-0.2, -0.15) is 15.0 Å². The van der Waals surface area contributed by atoms with Gasteiger partial charge in [0.25, 0.3) is 5.89 Å². The van der Waals surface area contributed by atoms with Crippen molar-refractivity contribution in [2.24, 2.45) is 0 Å². The molecule has 1 fully saturated rings. The number of aromatic nitrogens is 6. The Labute approximate surface area is 235 Å². The van der Waals surface area contributed by atoms with E-state index in [0.717, 1.165) is 0 Å². The number of carbonyl (C=O) groups excluding carboxylic acids is 2. The number of nitrogens with zero attached hydrogens (tertiary/aromatic N) is 9. The molecule has 0 unspecified atom stereocenters. The molecule has 0 spiro atoms. The van der Waals surface area contributed by atoms with Gasteiger partial charge in [-0.3, -0.25) is 4.79 Å². The lowest BCUT2D eigenvalue weighted by atomic mass is 10.2. The molecule has 0 bridgehead atoms. The van der Waals surface area contributed by atoms with Gasteiger partial charge in [-0.15, -0.1) is 10.2 Å². The van der Waals surface area contributed by atoms with Crippen molar-refractivity contribution in [3.63, 3.8) is 0 Å². The minimum Gasteiger partial charge on any atom is -0.444 e. The lowest BCUT2D eigenvalue weighted by Crippen LogP contribution is -2.51. The van der Waals surface area contributed by atoms with Crippen LogP contribution in [0, 0.1) is 11.3 Å². The van der Waals surface area contributed by atoms with Gasteiger partial charge in [-0.1, -0.05) is 0 Å². The average Bonchev–Trinajstić information content (AvgIpc) is 3.59. The van der Waals surface area contributed by atoms with E-state index >= 15 is 0 Å². The SMILES string of the molecule is CC(C)Nc1cc(-n2ncc3cc(C#N)cnc32)ncc1-c1nnc(C(=O)N2CCN(C(=O)OC(C)(C)C)CC2)o1. The van der Waals surface area contributed by atoms with Crippen LogP contribution in [0.5, 0.6) is 0 Å². The molecule has 1 saturated heterocycles. The fourth-order valence-electron chi connectivity index (χ4n) is 4.28. The zero-order chi connectivity index (χ0) is 29.3. The minimum absolute atomic E-state index is 0.0555. The third kappa shape index (κ3) is 5.93. The fourth-order valence-corrected chi connectivity index (χ4v) is 4.28. The number of hydrogen-bond donors (Lipinski definition) is 1. The Morgan fingerprint density at radius 1 is 1.05 bits per heavy atom. The van der Waals surface area contributed by atoms with Crippen LogP contribution in [0.15, 0.2) is 35.1 Å². The van der Waals surface area contributed by atoms with E-state index in [2.05, 4.69) is 36.7 Å². The van der Waals surface area contributed by atoms with E-state index < -0.39 is 17.6 Å². The van der Waals surface area contributed by atoms with Crippen LogP contribution in [0.1, 0.15) is 50.9 Å². The number of anilines is 1. The number of nitrogens with one attached hydrogen (secondary N) is 1. The maximum absolute atomic E-state index is 13.1. The van der Waals surface area contributed by atoms with Gasteiger partial charge in [0.15, 0.2) is 11.5 Å². The zero-order valence-electron chi connectivity index (χ0n) is 23.5. The Hall–Kier alpha value is -5.06. The number of rotatable bonds is 5. The van der Waals surface area contributed by atoms with Crippen molar-refractivity contribution in [2.45, 2.75) is 46.3 Å². The summed E-state index contributed by atoms with van der Waals surface area (Å²) >= 11 is 0. The molecule has 1 aliphatic rings. The second-order valence-electron chi connectivity index (χ2n) is 10.9. The summed E-state index contributed by atoms with van der Waals surface area (Å²) < 4.78 is 12.8. The minimum atomic E-state index is -0.592. The second kappa shape index (κ2) is 10.8. The molecule has 2 amide bonds.